The van der Waals surface area contributed by atoms with E-state index in [1.165, 1.54) is 11.6 Å². The average molecular weight is 503 g/mol. The van der Waals surface area contributed by atoms with Crippen molar-refractivity contribution in [2.24, 2.45) is 7.05 Å². The van der Waals surface area contributed by atoms with Crippen LogP contribution in [0.15, 0.2) is 30.5 Å². The molecule has 8 nitrogen and oxygen atoms in total. The first-order valence-electron chi connectivity index (χ1n) is 11.6. The van der Waals surface area contributed by atoms with Gasteiger partial charge in [0, 0.05) is 43.9 Å². The molecule has 0 bridgehead atoms. The summed E-state index contributed by atoms with van der Waals surface area (Å²) in [6.07, 6.45) is -3.29. The van der Waals surface area contributed by atoms with Gasteiger partial charge in [0.1, 0.15) is 23.1 Å². The number of hydrogen-bond donors (Lipinski definition) is 1. The molecule has 0 atom stereocenters. The predicted molar refractivity (Wildman–Crippen MR) is 128 cm³/mol. The second-order valence-corrected chi connectivity index (χ2v) is 9.81. The normalized spacial score (nSPS) is 13.9. The average Bonchev–Trinajstić information content (AvgIpc) is 3.18. The Hall–Kier alpha value is -3.63. The summed E-state index contributed by atoms with van der Waals surface area (Å²) in [7, 11) is 1.54. The lowest BCUT2D eigenvalue weighted by molar-refractivity contribution is -0.140. The molecule has 1 aromatic carbocycles. The van der Waals surface area contributed by atoms with E-state index < -0.39 is 17.5 Å². The number of hydrogen-bond acceptors (Lipinski definition) is 6. The number of benzene rings is 1. The van der Waals surface area contributed by atoms with E-state index in [0.29, 0.717) is 43.3 Å². The van der Waals surface area contributed by atoms with Crippen molar-refractivity contribution in [1.29, 1.82) is 0 Å². The summed E-state index contributed by atoms with van der Waals surface area (Å²) >= 11 is 0. The van der Waals surface area contributed by atoms with E-state index in [1.807, 2.05) is 39.8 Å². The summed E-state index contributed by atoms with van der Waals surface area (Å²) in [4.78, 5) is 27.1. The SMILES string of the molecule is Cc1nc2c(c(NCc3ccc(-c4nc(C(F)(F)F)cn4C)cc3)n1)CN(C(=O)OC(C)(C)C)CC2. The first-order valence-corrected chi connectivity index (χ1v) is 11.6. The number of amides is 1. The van der Waals surface area contributed by atoms with Gasteiger partial charge in [0.05, 0.1) is 12.2 Å². The maximum Gasteiger partial charge on any atom is 0.434 e. The summed E-state index contributed by atoms with van der Waals surface area (Å²) in [5.74, 6) is 1.52. The molecule has 3 aromatic rings. The molecule has 0 aliphatic carbocycles. The molecule has 3 heterocycles. The number of fused-ring (bicyclic) bond motifs is 1. The molecule has 1 aliphatic rings. The van der Waals surface area contributed by atoms with Crippen LogP contribution in [0, 0.1) is 6.92 Å². The molecule has 1 aliphatic heterocycles. The molecular weight excluding hydrogens is 473 g/mol. The molecule has 0 unspecified atom stereocenters. The van der Waals surface area contributed by atoms with Crippen LogP contribution in [0.1, 0.15) is 49.1 Å². The Kier molecular flexibility index (Phi) is 6.68. The van der Waals surface area contributed by atoms with Crippen molar-refractivity contribution in [2.45, 2.75) is 59.0 Å². The number of carbonyl (C=O) groups is 1. The number of ether oxygens (including phenoxy) is 1. The van der Waals surface area contributed by atoms with Crippen LogP contribution in [0.2, 0.25) is 0 Å². The topological polar surface area (TPSA) is 85.2 Å². The van der Waals surface area contributed by atoms with Crippen molar-refractivity contribution in [1.82, 2.24) is 24.4 Å². The zero-order chi connectivity index (χ0) is 26.3. The van der Waals surface area contributed by atoms with Crippen molar-refractivity contribution in [3.63, 3.8) is 0 Å². The summed E-state index contributed by atoms with van der Waals surface area (Å²) in [6, 6.07) is 7.14. The number of alkyl halides is 3. The van der Waals surface area contributed by atoms with Crippen LogP contribution in [-0.2, 0) is 37.5 Å². The Bertz CT molecular complexity index is 1260. The molecule has 0 saturated carbocycles. The van der Waals surface area contributed by atoms with Crippen molar-refractivity contribution >= 4 is 11.9 Å². The molecule has 0 spiro atoms. The van der Waals surface area contributed by atoms with Crippen LogP contribution in [0.25, 0.3) is 11.4 Å². The van der Waals surface area contributed by atoms with E-state index in [4.69, 9.17) is 4.74 Å². The lowest BCUT2D eigenvalue weighted by atomic mass is 10.1. The highest BCUT2D eigenvalue weighted by atomic mass is 19.4. The van der Waals surface area contributed by atoms with Gasteiger partial charge < -0.3 is 19.5 Å². The molecule has 0 fully saturated rings. The van der Waals surface area contributed by atoms with Gasteiger partial charge in [-0.25, -0.2) is 19.7 Å². The van der Waals surface area contributed by atoms with Gasteiger partial charge in [-0.1, -0.05) is 24.3 Å². The van der Waals surface area contributed by atoms with Crippen LogP contribution in [0.3, 0.4) is 0 Å². The molecule has 4 rings (SSSR count). The lowest BCUT2D eigenvalue weighted by Crippen LogP contribution is -2.40. The Morgan fingerprint density at radius 1 is 1.11 bits per heavy atom. The Labute approximate surface area is 207 Å². The van der Waals surface area contributed by atoms with Crippen molar-refractivity contribution in [3.05, 3.63) is 58.8 Å². The zero-order valence-corrected chi connectivity index (χ0v) is 20.9. The van der Waals surface area contributed by atoms with Gasteiger partial charge in [0.15, 0.2) is 5.69 Å². The zero-order valence-electron chi connectivity index (χ0n) is 20.9. The number of halogens is 3. The van der Waals surface area contributed by atoms with Crippen molar-refractivity contribution < 1.29 is 22.7 Å². The van der Waals surface area contributed by atoms with E-state index in [2.05, 4.69) is 20.3 Å². The summed E-state index contributed by atoms with van der Waals surface area (Å²) in [5.41, 5.74) is 1.73. The summed E-state index contributed by atoms with van der Waals surface area (Å²) in [5, 5.41) is 3.33. The third kappa shape index (κ3) is 5.77. The second-order valence-electron chi connectivity index (χ2n) is 9.81. The van der Waals surface area contributed by atoms with Gasteiger partial charge in [0.2, 0.25) is 0 Å². The van der Waals surface area contributed by atoms with Crippen molar-refractivity contribution in [3.8, 4) is 11.4 Å². The minimum atomic E-state index is -4.49. The molecule has 11 heteroatoms. The third-order valence-electron chi connectivity index (χ3n) is 5.66. The fraction of sp³-hybridized carbons (Fsp3) is 0.440. The highest BCUT2D eigenvalue weighted by Crippen LogP contribution is 2.31. The summed E-state index contributed by atoms with van der Waals surface area (Å²) < 4.78 is 45.8. The molecular formula is C25H29F3N6O2. The molecule has 0 saturated heterocycles. The lowest BCUT2D eigenvalue weighted by Gasteiger charge is -2.31. The second kappa shape index (κ2) is 9.44. The van der Waals surface area contributed by atoms with Crippen LogP contribution in [-0.4, -0.2) is 42.7 Å². The number of aromatic nitrogens is 4. The van der Waals surface area contributed by atoms with E-state index in [-0.39, 0.29) is 11.9 Å². The number of aryl methyl sites for hydroxylation is 2. The van der Waals surface area contributed by atoms with Gasteiger partial charge >= 0.3 is 12.3 Å². The quantitative estimate of drug-likeness (QED) is 0.534. The van der Waals surface area contributed by atoms with Gasteiger partial charge in [-0.2, -0.15) is 13.2 Å². The highest BCUT2D eigenvalue weighted by molar-refractivity contribution is 5.69. The van der Waals surface area contributed by atoms with Crippen LogP contribution < -0.4 is 5.32 Å². The van der Waals surface area contributed by atoms with Crippen LogP contribution in [0.5, 0.6) is 0 Å². The monoisotopic (exact) mass is 502 g/mol. The smallest absolute Gasteiger partial charge is 0.434 e. The van der Waals surface area contributed by atoms with Crippen LogP contribution in [0.4, 0.5) is 23.8 Å². The first kappa shape index (κ1) is 25.5. The number of nitrogens with one attached hydrogen (secondary N) is 1. The molecule has 2 aromatic heterocycles. The number of rotatable bonds is 4. The fourth-order valence-corrected chi connectivity index (χ4v) is 3.99. The number of carbonyl (C=O) groups excluding carboxylic acids is 1. The molecule has 1 N–H and O–H groups in total. The Balaban J connectivity index is 1.48. The maximum absolute atomic E-state index is 13.0. The summed E-state index contributed by atoms with van der Waals surface area (Å²) in [6.45, 7) is 8.60. The molecule has 192 valence electrons. The fourth-order valence-electron chi connectivity index (χ4n) is 3.99. The number of imidazole rings is 1. The van der Waals surface area contributed by atoms with Crippen molar-refractivity contribution in [2.75, 3.05) is 11.9 Å². The molecule has 0 radical (unpaired) electrons. The van der Waals surface area contributed by atoms with Gasteiger partial charge in [-0.05, 0) is 33.3 Å². The minimum absolute atomic E-state index is 0.240. The van der Waals surface area contributed by atoms with E-state index in [9.17, 15) is 18.0 Å². The maximum atomic E-state index is 13.0. The number of anilines is 1. The predicted octanol–water partition coefficient (Wildman–Crippen LogP) is 5.11. The van der Waals surface area contributed by atoms with E-state index in [0.717, 1.165) is 23.0 Å². The molecule has 1 amide bonds. The third-order valence-corrected chi connectivity index (χ3v) is 5.66. The highest BCUT2D eigenvalue weighted by Gasteiger charge is 2.34. The van der Waals surface area contributed by atoms with Gasteiger partial charge in [-0.3, -0.25) is 0 Å². The van der Waals surface area contributed by atoms with Gasteiger partial charge in [-0.15, -0.1) is 0 Å². The first-order chi connectivity index (χ1) is 16.8. The van der Waals surface area contributed by atoms with E-state index >= 15 is 0 Å². The number of nitrogens with zero attached hydrogens (tertiary/aromatic N) is 5. The largest absolute Gasteiger partial charge is 0.444 e. The Morgan fingerprint density at radius 2 is 1.81 bits per heavy atom. The van der Waals surface area contributed by atoms with Crippen LogP contribution >= 0.6 is 0 Å². The Morgan fingerprint density at radius 3 is 2.42 bits per heavy atom. The van der Waals surface area contributed by atoms with Gasteiger partial charge in [0.25, 0.3) is 0 Å². The minimum Gasteiger partial charge on any atom is -0.444 e. The van der Waals surface area contributed by atoms with E-state index in [1.54, 1.807) is 17.0 Å². The molecule has 36 heavy (non-hydrogen) atoms. The standard InChI is InChI=1S/C25H29F3N6O2/c1-15-30-19-10-11-34(23(35)36-24(2,3)4)13-18(19)21(31-15)29-12-16-6-8-17(9-7-16)22-32-20(14-33(22)5)25(26,27)28/h6-9,14H,10-13H2,1-5H3,(H,29,30,31).